The Kier molecular flexibility index (Phi) is 54.4. The average Bonchev–Trinajstić information content (AvgIpc) is 0.786. The van der Waals surface area contributed by atoms with Gasteiger partial charge >= 0.3 is 23.6 Å². The van der Waals surface area contributed by atoms with Gasteiger partial charge in [0.1, 0.15) is 62.1 Å². The van der Waals surface area contributed by atoms with E-state index in [1.807, 2.05) is 41.5 Å². The number of carbonyl (C=O) groups excluding carboxylic acids is 7. The van der Waals surface area contributed by atoms with Crippen LogP contribution in [0.3, 0.4) is 0 Å². The second-order valence-corrected chi connectivity index (χ2v) is 32.7. The first-order chi connectivity index (χ1) is 57.1. The van der Waals surface area contributed by atoms with Crippen LogP contribution >= 0.6 is 107 Å². The minimum absolute atomic E-state index is 0. The number of carbonyl (C=O) groups is 7. The SMILES string of the molecule is C.CC(=O)Cl.CC(=O)Nc1c(Br)ccc(F)c1[N+](=O)[O-].CC(=O)Nc1cc(F)ccc1Br.CC1CC(NC(=O)OC(C)(C)C)CN(c2ccc(F)c3nccnc23)C1.CC1CNCC(NC(=O)OC(C)(C)C)C1.Fc1ccc(Br)c2nccnc12.Nc1c(Br)ccc(F)c1[N+](=O)[O-].Nc1c(F)ccc(Br)c1N.Nc1cc(F)ccc1Br.O=CC=O.O=[N+]([O-])O.[Fe]. The van der Waals surface area contributed by atoms with Crippen LogP contribution in [0.1, 0.15) is 96.4 Å². The van der Waals surface area contributed by atoms with Crippen LogP contribution in [0.15, 0.2) is 149 Å². The molecule has 4 unspecified atom stereocenters. The summed E-state index contributed by atoms with van der Waals surface area (Å²) in [5.74, 6) is -3.58. The number of benzene rings is 7. The van der Waals surface area contributed by atoms with Gasteiger partial charge in [-0.2, -0.15) is 8.78 Å². The van der Waals surface area contributed by atoms with E-state index in [1.54, 1.807) is 30.5 Å². The summed E-state index contributed by atoms with van der Waals surface area (Å²) >= 11 is 23.3. The number of anilines is 7. The number of nitrogens with one attached hydrogen (secondary N) is 5. The van der Waals surface area contributed by atoms with Gasteiger partial charge in [-0.1, -0.05) is 21.3 Å². The number of nitrogens with two attached hydrogens (primary N) is 4. The van der Waals surface area contributed by atoms with Crippen molar-refractivity contribution in [1.82, 2.24) is 35.9 Å². The fourth-order valence-corrected chi connectivity index (χ4v) is 11.9. The molecule has 0 aliphatic carbocycles. The zero-order valence-corrected chi connectivity index (χ0v) is 78.7. The third-order valence-corrected chi connectivity index (χ3v) is 18.5. The number of hydrogen-bond donors (Lipinski definition) is 10. The summed E-state index contributed by atoms with van der Waals surface area (Å²) in [5, 5.41) is 47.9. The molecule has 2 aliphatic rings. The maximum absolute atomic E-state index is 14.0. The number of fused-ring (bicyclic) bond motifs is 2. The van der Waals surface area contributed by atoms with Crippen molar-refractivity contribution in [3.05, 3.63) is 220 Å². The fraction of sp³-hybridized carbons (Fsp3) is 0.312. The minimum Gasteiger partial charge on any atom is -0.444 e. The van der Waals surface area contributed by atoms with E-state index in [-0.39, 0.29) is 122 Å². The van der Waals surface area contributed by atoms with Crippen molar-refractivity contribution >= 4 is 222 Å². The molecule has 7 aromatic carbocycles. The molecule has 4 amide bonds. The quantitative estimate of drug-likeness (QED) is 0.00987. The van der Waals surface area contributed by atoms with Gasteiger partial charge in [0.15, 0.2) is 24.2 Å². The molecule has 0 radical (unpaired) electrons. The third kappa shape index (κ3) is 46.1. The topological polar surface area (TPSA) is 507 Å². The van der Waals surface area contributed by atoms with Crippen LogP contribution in [0.2, 0.25) is 0 Å². The van der Waals surface area contributed by atoms with Gasteiger partial charge in [-0.05, 0) is 277 Å². The maximum Gasteiger partial charge on any atom is 0.407 e. The van der Waals surface area contributed by atoms with Crippen LogP contribution in [0.4, 0.5) is 91.5 Å². The summed E-state index contributed by atoms with van der Waals surface area (Å²) in [6, 6.07) is 21.9. The van der Waals surface area contributed by atoms with Crippen molar-refractivity contribution in [2.24, 2.45) is 11.8 Å². The Morgan fingerprint density at radius 2 is 0.920 bits per heavy atom. The van der Waals surface area contributed by atoms with Crippen molar-refractivity contribution in [2.45, 2.75) is 120 Å². The Bertz CT molecular complexity index is 5040. The number of ether oxygens (including phenoxy) is 2. The molecule has 0 spiro atoms. The number of halogens is 14. The fourth-order valence-electron chi connectivity index (χ4n) is 9.76. The molecule has 48 heteroatoms. The van der Waals surface area contributed by atoms with Crippen molar-refractivity contribution in [3.8, 4) is 0 Å². The first-order valence-electron chi connectivity index (χ1n) is 35.1. The number of nitro benzene ring substituents is 2. The Morgan fingerprint density at radius 1 is 0.528 bits per heavy atom. The number of aldehydes is 2. The molecule has 4 atom stereocenters. The third-order valence-electron chi connectivity index (χ3n) is 14.4. The Hall–Kier alpha value is -10.1. The summed E-state index contributed by atoms with van der Waals surface area (Å²) in [6.07, 6.45) is 7.59. The molecule has 2 aromatic heterocycles. The van der Waals surface area contributed by atoms with E-state index in [9.17, 15) is 74.9 Å². The molecule has 125 heavy (non-hydrogen) atoms. The van der Waals surface area contributed by atoms with Gasteiger partial charge in [0.2, 0.25) is 28.7 Å². The van der Waals surface area contributed by atoms with E-state index in [4.69, 9.17) is 57.3 Å². The first kappa shape index (κ1) is 117. The van der Waals surface area contributed by atoms with Crippen LogP contribution in [-0.4, -0.2) is 131 Å². The minimum atomic E-state index is -1.50. The van der Waals surface area contributed by atoms with Crippen molar-refractivity contribution in [3.63, 3.8) is 0 Å². The van der Waals surface area contributed by atoms with Crippen LogP contribution in [0.5, 0.6) is 0 Å². The molecular weight excluding hydrogens is 2120 g/mol. The molecular formula is C77H89Br6ClF7FeN17O16. The molecule has 11 rings (SSSR count). The van der Waals surface area contributed by atoms with Gasteiger partial charge in [-0.25, -0.2) is 41.5 Å². The van der Waals surface area contributed by atoms with Gasteiger partial charge in [0.05, 0.1) is 32.6 Å². The maximum atomic E-state index is 14.0. The second-order valence-electron chi connectivity index (χ2n) is 27.1. The van der Waals surface area contributed by atoms with Crippen LogP contribution < -0.4 is 54.4 Å². The van der Waals surface area contributed by atoms with Gasteiger partial charge in [-0.15, -0.1) is 10.1 Å². The molecule has 0 saturated carbocycles. The van der Waals surface area contributed by atoms with Crippen LogP contribution in [0.25, 0.3) is 22.1 Å². The normalized spacial score (nSPS) is 13.7. The van der Waals surface area contributed by atoms with E-state index in [0.29, 0.717) is 59.7 Å². The number of alkyl carbamates (subject to hydrolysis) is 2. The second kappa shape index (κ2) is 58.2. The zero-order valence-electron chi connectivity index (χ0n) is 67.4. The Morgan fingerprint density at radius 3 is 1.35 bits per heavy atom. The van der Waals surface area contributed by atoms with Gasteiger partial charge in [-0.3, -0.25) is 54.2 Å². The Labute approximate surface area is 779 Å². The molecule has 684 valence electrons. The van der Waals surface area contributed by atoms with Crippen LogP contribution in [0, 0.1) is 82.9 Å². The number of piperidine rings is 2. The zero-order chi connectivity index (χ0) is 94.1. The first-order valence-corrected chi connectivity index (χ1v) is 40.3. The summed E-state index contributed by atoms with van der Waals surface area (Å²) in [6.45, 7) is 22.6. The van der Waals surface area contributed by atoms with E-state index in [1.165, 1.54) is 100 Å². The molecule has 4 heterocycles. The van der Waals surface area contributed by atoms with Crippen molar-refractivity contribution in [2.75, 3.05) is 64.6 Å². The smallest absolute Gasteiger partial charge is 0.407 e. The Balaban J connectivity index is 0. The monoisotopic (exact) mass is 2210 g/mol. The van der Waals surface area contributed by atoms with Gasteiger partial charge in [0.25, 0.3) is 5.09 Å². The van der Waals surface area contributed by atoms with Crippen LogP contribution in [-0.2, 0) is 50.5 Å². The summed E-state index contributed by atoms with van der Waals surface area (Å²) in [5.41, 5.74) is 22.1. The molecule has 2 fully saturated rings. The van der Waals surface area contributed by atoms with Crippen molar-refractivity contribution in [1.29, 1.82) is 0 Å². The number of nitrogen functional groups attached to an aromatic ring is 4. The summed E-state index contributed by atoms with van der Waals surface area (Å²) in [4.78, 5) is 118. The molecule has 9 aromatic rings. The molecule has 14 N–H and O–H groups in total. The summed E-state index contributed by atoms with van der Waals surface area (Å²) < 4.78 is 104. The van der Waals surface area contributed by atoms with E-state index in [2.05, 4.69) is 172 Å². The number of amides is 4. The molecule has 0 bridgehead atoms. The van der Waals surface area contributed by atoms with Gasteiger partial charge in [0, 0.05) is 127 Å². The van der Waals surface area contributed by atoms with E-state index in [0.717, 1.165) is 59.2 Å². The molecule has 33 nitrogen and oxygen atoms in total. The molecule has 2 aliphatic heterocycles. The largest absolute Gasteiger partial charge is 0.444 e. The predicted molar refractivity (Wildman–Crippen MR) is 480 cm³/mol. The summed E-state index contributed by atoms with van der Waals surface area (Å²) in [7, 11) is 0. The van der Waals surface area contributed by atoms with E-state index >= 15 is 0 Å². The van der Waals surface area contributed by atoms with Gasteiger partial charge < -0.3 is 69.1 Å². The molecule has 2 saturated heterocycles. The number of hydrogen-bond acceptors (Lipinski definition) is 25. The van der Waals surface area contributed by atoms with E-state index < -0.39 is 67.0 Å². The number of aromatic nitrogens is 4. The number of nitro groups is 2. The number of rotatable bonds is 8. The standard InChI is InChI=1S/C19H25FN4O2.C11H22N2O2.C8H6BrFN2O3.C8H4BrFN2.C8H7BrFNO.C6H4BrFN2O2.C6H6BrFN2.C6H5BrFN.C2H3ClO.C2H2O2.CH4.Fe.HNO3/c1-12-9-13(23-18(25)26-19(2,3)4)11-24(10-12)15-6-5-14(20)16-17(15)22-8-7-21-16;1-8-5-9(7-12-6-8)13-10(14)15-11(2,3)4;1-4(13)11-7-5(9)2-3-6(10)8(7)12(14)15;9-5-1-2-6(10)8-7(5)11-3-4-12-8;1-5(12)11-8-4-6(10)2-3-7(8)9;7-3-1-2-4(8)6(5(3)9)10(11)12;7-3-1-2-4(8)6(10)5(3)9;7-5-2-1-4(8)3-6(5)9;1-2(3)4;3-1-2-4;;;2-1(3)4/h5-8,12-13H,9-11H2,1-4H3,(H,23,25);8-9,12H,5-7H2,1-4H3,(H,13,14);2-3H,1H3,(H,11,13);1-4H;2-4H,1H3,(H,11,12);1-2H,9H2;1-2H,9-10H2;1-3H,9H2;1H3;1-2H;1H4;;(H,2,3,4). The number of nitrogens with zero attached hydrogens (tertiary/aromatic N) is 8. The van der Waals surface area contributed by atoms with Crippen molar-refractivity contribution < 1.29 is 111 Å². The average molecular weight is 2210 g/mol. The predicted octanol–water partition coefficient (Wildman–Crippen LogP) is 19.0.